The summed E-state index contributed by atoms with van der Waals surface area (Å²) in [4.78, 5) is 0. The fourth-order valence-corrected chi connectivity index (χ4v) is 2.31. The van der Waals surface area contributed by atoms with E-state index in [0.717, 1.165) is 18.2 Å². The summed E-state index contributed by atoms with van der Waals surface area (Å²) in [5.41, 5.74) is 2.43. The summed E-state index contributed by atoms with van der Waals surface area (Å²) < 4.78 is 0. The molecule has 1 aromatic heterocycles. The standard InChI is InChI=1S/C11H21N3S/c1-8(7-15-4)5-12-9(2)11-6-13-14-10(11)3/h6,8-9,12H,5,7H2,1-4H3,(H,13,14). The lowest BCUT2D eigenvalue weighted by atomic mass is 10.1. The lowest BCUT2D eigenvalue weighted by molar-refractivity contribution is 0.500. The van der Waals surface area contributed by atoms with Crippen molar-refractivity contribution in [1.82, 2.24) is 15.5 Å². The number of hydrogen-bond donors (Lipinski definition) is 2. The molecule has 2 N–H and O–H groups in total. The van der Waals surface area contributed by atoms with E-state index in [4.69, 9.17) is 0 Å². The molecule has 0 aromatic carbocycles. The van der Waals surface area contributed by atoms with Crippen molar-refractivity contribution >= 4 is 11.8 Å². The third kappa shape index (κ3) is 3.87. The molecule has 2 atom stereocenters. The van der Waals surface area contributed by atoms with E-state index in [-0.39, 0.29) is 0 Å². The predicted molar refractivity (Wildman–Crippen MR) is 67.3 cm³/mol. The van der Waals surface area contributed by atoms with Crippen molar-refractivity contribution in [2.24, 2.45) is 5.92 Å². The van der Waals surface area contributed by atoms with Crippen LogP contribution in [0.25, 0.3) is 0 Å². The van der Waals surface area contributed by atoms with E-state index < -0.39 is 0 Å². The number of nitrogens with one attached hydrogen (secondary N) is 2. The Balaban J connectivity index is 2.36. The molecule has 0 aliphatic carbocycles. The molecule has 0 saturated heterocycles. The van der Waals surface area contributed by atoms with E-state index in [9.17, 15) is 0 Å². The van der Waals surface area contributed by atoms with E-state index in [1.165, 1.54) is 11.3 Å². The van der Waals surface area contributed by atoms with E-state index in [1.807, 2.05) is 18.0 Å². The Bertz CT molecular complexity index is 285. The maximum Gasteiger partial charge on any atom is 0.0537 e. The van der Waals surface area contributed by atoms with E-state index in [0.29, 0.717) is 6.04 Å². The third-order valence-electron chi connectivity index (χ3n) is 2.56. The van der Waals surface area contributed by atoms with Crippen molar-refractivity contribution in [1.29, 1.82) is 0 Å². The first-order chi connectivity index (χ1) is 7.15. The molecule has 1 aromatic rings. The van der Waals surface area contributed by atoms with Crippen molar-refractivity contribution in [2.75, 3.05) is 18.6 Å². The average Bonchev–Trinajstić information content (AvgIpc) is 2.61. The lowest BCUT2D eigenvalue weighted by Crippen LogP contribution is -2.25. The summed E-state index contributed by atoms with van der Waals surface area (Å²) >= 11 is 1.90. The van der Waals surface area contributed by atoms with Crippen LogP contribution >= 0.6 is 11.8 Å². The van der Waals surface area contributed by atoms with Gasteiger partial charge in [0.1, 0.15) is 0 Å². The van der Waals surface area contributed by atoms with Gasteiger partial charge in [-0.2, -0.15) is 16.9 Å². The summed E-state index contributed by atoms with van der Waals surface area (Å²) in [7, 11) is 0. The van der Waals surface area contributed by atoms with Crippen LogP contribution in [0.15, 0.2) is 6.20 Å². The number of aromatic amines is 1. The first kappa shape index (κ1) is 12.6. The second kappa shape index (κ2) is 6.18. The number of nitrogens with zero attached hydrogens (tertiary/aromatic N) is 1. The molecule has 1 rings (SSSR count). The molecular formula is C11H21N3S. The number of aryl methyl sites for hydroxylation is 1. The second-order valence-corrected chi connectivity index (χ2v) is 5.05. The summed E-state index contributed by atoms with van der Waals surface area (Å²) in [5, 5.41) is 10.5. The fraction of sp³-hybridized carbons (Fsp3) is 0.727. The number of rotatable bonds is 6. The molecule has 0 fully saturated rings. The Morgan fingerprint density at radius 2 is 2.27 bits per heavy atom. The molecular weight excluding hydrogens is 206 g/mol. The van der Waals surface area contributed by atoms with Crippen LogP contribution in [0.1, 0.15) is 31.1 Å². The lowest BCUT2D eigenvalue weighted by Gasteiger charge is -2.16. The largest absolute Gasteiger partial charge is 0.310 e. The first-order valence-corrected chi connectivity index (χ1v) is 6.76. The molecule has 2 unspecified atom stereocenters. The monoisotopic (exact) mass is 227 g/mol. The van der Waals surface area contributed by atoms with E-state index in [1.54, 1.807) is 0 Å². The maximum atomic E-state index is 4.04. The number of aromatic nitrogens is 2. The van der Waals surface area contributed by atoms with Gasteiger partial charge in [-0.3, -0.25) is 5.10 Å². The zero-order valence-electron chi connectivity index (χ0n) is 10.0. The van der Waals surface area contributed by atoms with Gasteiger partial charge in [0, 0.05) is 17.3 Å². The highest BCUT2D eigenvalue weighted by molar-refractivity contribution is 7.98. The maximum absolute atomic E-state index is 4.04. The number of hydrogen-bond acceptors (Lipinski definition) is 3. The molecule has 0 aliphatic rings. The molecule has 0 saturated carbocycles. The molecule has 0 bridgehead atoms. The smallest absolute Gasteiger partial charge is 0.0537 e. The van der Waals surface area contributed by atoms with Gasteiger partial charge in [-0.05, 0) is 38.3 Å². The van der Waals surface area contributed by atoms with Gasteiger partial charge < -0.3 is 5.32 Å². The summed E-state index contributed by atoms with van der Waals surface area (Å²) in [6, 6.07) is 0.382. The summed E-state index contributed by atoms with van der Waals surface area (Å²) in [5.74, 6) is 1.93. The Hall–Kier alpha value is -0.480. The van der Waals surface area contributed by atoms with Crippen LogP contribution < -0.4 is 5.32 Å². The highest BCUT2D eigenvalue weighted by Gasteiger charge is 2.10. The minimum Gasteiger partial charge on any atom is -0.310 e. The molecule has 86 valence electrons. The molecule has 0 spiro atoms. The predicted octanol–water partition coefficient (Wildman–Crippen LogP) is 2.37. The molecule has 3 nitrogen and oxygen atoms in total. The normalized spacial score (nSPS) is 15.2. The van der Waals surface area contributed by atoms with Crippen molar-refractivity contribution in [2.45, 2.75) is 26.8 Å². The highest BCUT2D eigenvalue weighted by Crippen LogP contribution is 2.14. The highest BCUT2D eigenvalue weighted by atomic mass is 32.2. The van der Waals surface area contributed by atoms with Crippen molar-refractivity contribution in [3.05, 3.63) is 17.5 Å². The zero-order chi connectivity index (χ0) is 11.3. The Morgan fingerprint density at radius 3 is 2.80 bits per heavy atom. The van der Waals surface area contributed by atoms with Crippen molar-refractivity contribution in [3.63, 3.8) is 0 Å². The molecule has 15 heavy (non-hydrogen) atoms. The van der Waals surface area contributed by atoms with Gasteiger partial charge in [0.15, 0.2) is 0 Å². The molecule has 4 heteroatoms. The van der Waals surface area contributed by atoms with E-state index >= 15 is 0 Å². The summed E-state index contributed by atoms with van der Waals surface area (Å²) in [6.45, 7) is 7.58. The van der Waals surface area contributed by atoms with Gasteiger partial charge in [-0.15, -0.1) is 0 Å². The van der Waals surface area contributed by atoms with Crippen LogP contribution in [0.5, 0.6) is 0 Å². The van der Waals surface area contributed by atoms with Crippen LogP contribution in [0.2, 0.25) is 0 Å². The third-order valence-corrected chi connectivity index (χ3v) is 3.46. The van der Waals surface area contributed by atoms with Crippen LogP contribution in [-0.4, -0.2) is 28.8 Å². The quantitative estimate of drug-likeness (QED) is 0.784. The Morgan fingerprint density at radius 1 is 1.53 bits per heavy atom. The van der Waals surface area contributed by atoms with Gasteiger partial charge in [0.05, 0.1) is 6.20 Å². The fourth-order valence-electron chi connectivity index (χ4n) is 1.63. The Labute approximate surface area is 96.4 Å². The van der Waals surface area contributed by atoms with Crippen LogP contribution in [0, 0.1) is 12.8 Å². The van der Waals surface area contributed by atoms with Gasteiger partial charge in [-0.1, -0.05) is 6.92 Å². The average molecular weight is 227 g/mol. The molecule has 0 radical (unpaired) electrons. The van der Waals surface area contributed by atoms with Gasteiger partial charge in [0.2, 0.25) is 0 Å². The minimum atomic E-state index is 0.382. The Kier molecular flexibility index (Phi) is 5.19. The number of H-pyrrole nitrogens is 1. The van der Waals surface area contributed by atoms with Crippen LogP contribution in [0.4, 0.5) is 0 Å². The first-order valence-electron chi connectivity index (χ1n) is 5.37. The zero-order valence-corrected chi connectivity index (χ0v) is 10.8. The molecule has 0 aliphatic heterocycles. The second-order valence-electron chi connectivity index (χ2n) is 4.14. The molecule has 0 amide bonds. The minimum absolute atomic E-state index is 0.382. The SMILES string of the molecule is CSCC(C)CNC(C)c1cn[nH]c1C. The topological polar surface area (TPSA) is 40.7 Å². The van der Waals surface area contributed by atoms with Crippen molar-refractivity contribution < 1.29 is 0 Å². The van der Waals surface area contributed by atoms with Crippen LogP contribution in [0.3, 0.4) is 0 Å². The van der Waals surface area contributed by atoms with Crippen molar-refractivity contribution in [3.8, 4) is 0 Å². The van der Waals surface area contributed by atoms with Gasteiger partial charge in [-0.25, -0.2) is 0 Å². The van der Waals surface area contributed by atoms with Gasteiger partial charge >= 0.3 is 0 Å². The summed E-state index contributed by atoms with van der Waals surface area (Å²) in [6.07, 6.45) is 4.06. The van der Waals surface area contributed by atoms with Gasteiger partial charge in [0.25, 0.3) is 0 Å². The molecule has 1 heterocycles. The number of thioether (sulfide) groups is 1. The van der Waals surface area contributed by atoms with E-state index in [2.05, 4.69) is 42.5 Å². The van der Waals surface area contributed by atoms with Crippen LogP contribution in [-0.2, 0) is 0 Å².